The number of aliphatic hydroxyl groups excluding tert-OH is 1. The predicted octanol–water partition coefficient (Wildman–Crippen LogP) is 1.80. The Balaban J connectivity index is 0.000000596. The molecule has 1 aliphatic rings. The molecular formula is C15H20ClN5O5P+. The zero-order valence-corrected chi connectivity index (χ0v) is 16.4. The Morgan fingerprint density at radius 2 is 2.30 bits per heavy atom. The number of fused-ring (bicyclic) bond motifs is 1. The fourth-order valence-electron chi connectivity index (χ4n) is 2.47. The normalized spacial score (nSPS) is 22.4. The largest absolute Gasteiger partial charge is 0.694 e. The summed E-state index contributed by atoms with van der Waals surface area (Å²) in [5.41, 5.74) is 5.51. The maximum absolute atomic E-state index is 10.7. The first kappa shape index (κ1) is 21.4. The fraction of sp³-hybridized carbons (Fsp3) is 0.533. The van der Waals surface area contributed by atoms with Gasteiger partial charge in [-0.25, -0.2) is 4.98 Å². The standard InChI is InChI=1S/C12H11ClN5O4P.C3H8O/c1-2-12(5-21-23(19)20)4-3-7(22-12)18-6-15-8-9(14)16-11(13)17-10(8)18;1-3(2)4/h1,6-7H,3-5H2,(H2-,14,16,17,19,20);3-4H,1-2H3/p+1. The van der Waals surface area contributed by atoms with Crippen LogP contribution in [0.25, 0.3) is 11.2 Å². The van der Waals surface area contributed by atoms with Gasteiger partial charge in [-0.2, -0.15) is 9.97 Å². The van der Waals surface area contributed by atoms with E-state index in [2.05, 4.69) is 20.9 Å². The van der Waals surface area contributed by atoms with Crippen LogP contribution in [0.5, 0.6) is 0 Å². The van der Waals surface area contributed by atoms with Gasteiger partial charge in [0.15, 0.2) is 17.1 Å². The maximum Gasteiger partial charge on any atom is 0.694 e. The molecule has 0 saturated carbocycles. The van der Waals surface area contributed by atoms with Gasteiger partial charge in [-0.15, -0.1) is 15.8 Å². The number of halogens is 1. The predicted molar refractivity (Wildman–Crippen MR) is 98.8 cm³/mol. The quantitative estimate of drug-likeness (QED) is 0.385. The number of hydrogen-bond acceptors (Lipinski definition) is 8. The Morgan fingerprint density at radius 1 is 1.63 bits per heavy atom. The molecule has 2 aromatic heterocycles. The number of anilines is 1. The first-order valence-electron chi connectivity index (χ1n) is 7.95. The van der Waals surface area contributed by atoms with Crippen molar-refractivity contribution in [1.82, 2.24) is 19.5 Å². The Morgan fingerprint density at radius 3 is 2.89 bits per heavy atom. The van der Waals surface area contributed by atoms with Crippen molar-refractivity contribution in [2.75, 3.05) is 12.3 Å². The minimum Gasteiger partial charge on any atom is -0.394 e. The summed E-state index contributed by atoms with van der Waals surface area (Å²) in [5.74, 6) is 2.66. The second-order valence-electron chi connectivity index (χ2n) is 6.06. The van der Waals surface area contributed by atoms with E-state index in [-0.39, 0.29) is 23.8 Å². The first-order valence-corrected chi connectivity index (χ1v) is 9.46. The van der Waals surface area contributed by atoms with Gasteiger partial charge >= 0.3 is 8.25 Å². The second kappa shape index (κ2) is 8.89. The van der Waals surface area contributed by atoms with E-state index in [0.29, 0.717) is 24.0 Å². The highest BCUT2D eigenvalue weighted by molar-refractivity contribution is 7.32. The summed E-state index contributed by atoms with van der Waals surface area (Å²) >= 11 is 5.83. The van der Waals surface area contributed by atoms with E-state index in [9.17, 15) is 4.57 Å². The Hall–Kier alpha value is -1.86. The molecular weight excluding hydrogens is 397 g/mol. The van der Waals surface area contributed by atoms with Crippen LogP contribution in [-0.2, 0) is 13.8 Å². The Bertz CT molecular complexity index is 867. The molecule has 2 aromatic rings. The highest BCUT2D eigenvalue weighted by atomic mass is 35.5. The highest BCUT2D eigenvalue weighted by Gasteiger charge is 2.43. The smallest absolute Gasteiger partial charge is 0.394 e. The fourth-order valence-corrected chi connectivity index (χ4v) is 2.96. The van der Waals surface area contributed by atoms with E-state index in [1.165, 1.54) is 6.33 Å². The molecule has 1 aliphatic heterocycles. The lowest BCUT2D eigenvalue weighted by Gasteiger charge is -2.21. The van der Waals surface area contributed by atoms with Crippen molar-refractivity contribution in [2.24, 2.45) is 0 Å². The van der Waals surface area contributed by atoms with Crippen molar-refractivity contribution in [3.63, 3.8) is 0 Å². The second-order valence-corrected chi connectivity index (χ2v) is 7.13. The number of aromatic nitrogens is 4. The van der Waals surface area contributed by atoms with E-state index < -0.39 is 20.1 Å². The van der Waals surface area contributed by atoms with Gasteiger partial charge in [0.25, 0.3) is 0 Å². The summed E-state index contributed by atoms with van der Waals surface area (Å²) in [6.07, 6.45) is 7.38. The van der Waals surface area contributed by atoms with Gasteiger partial charge in [0.05, 0.1) is 6.33 Å². The third-order valence-electron chi connectivity index (χ3n) is 3.56. The average Bonchev–Trinajstić information content (AvgIpc) is 3.17. The third kappa shape index (κ3) is 5.32. The molecule has 4 N–H and O–H groups in total. The number of nitrogens with two attached hydrogens (primary N) is 1. The minimum absolute atomic E-state index is 0.00132. The number of rotatable bonds is 4. The molecule has 0 spiro atoms. The lowest BCUT2D eigenvalue weighted by Crippen LogP contribution is -2.31. The van der Waals surface area contributed by atoms with Crippen LogP contribution < -0.4 is 5.73 Å². The number of nitrogen functional groups attached to an aromatic ring is 1. The zero-order valence-electron chi connectivity index (χ0n) is 14.7. The summed E-state index contributed by atoms with van der Waals surface area (Å²) in [4.78, 5) is 20.9. The molecule has 0 amide bonds. The van der Waals surface area contributed by atoms with E-state index >= 15 is 0 Å². The van der Waals surface area contributed by atoms with Gasteiger partial charge < -0.3 is 15.6 Å². The molecule has 1 saturated heterocycles. The molecule has 0 bridgehead atoms. The van der Waals surface area contributed by atoms with Gasteiger partial charge in [-0.1, -0.05) is 5.92 Å². The van der Waals surface area contributed by atoms with Crippen LogP contribution in [0, 0.1) is 12.3 Å². The number of aliphatic hydroxyl groups is 1. The molecule has 1 fully saturated rings. The van der Waals surface area contributed by atoms with Crippen LogP contribution in [-0.4, -0.2) is 47.8 Å². The summed E-state index contributed by atoms with van der Waals surface area (Å²) in [6, 6.07) is 0. The van der Waals surface area contributed by atoms with Crippen molar-refractivity contribution >= 4 is 36.8 Å². The van der Waals surface area contributed by atoms with Gasteiger partial charge in [0.1, 0.15) is 18.4 Å². The van der Waals surface area contributed by atoms with Crippen molar-refractivity contribution in [3.05, 3.63) is 11.6 Å². The number of ether oxygens (including phenoxy) is 1. The van der Waals surface area contributed by atoms with Crippen molar-refractivity contribution < 1.29 is 23.8 Å². The number of terminal acetylenes is 1. The molecule has 10 nitrogen and oxygen atoms in total. The molecule has 0 radical (unpaired) electrons. The molecule has 3 atom stereocenters. The topological polar surface area (TPSA) is 146 Å². The lowest BCUT2D eigenvalue weighted by molar-refractivity contribution is -0.0570. The van der Waals surface area contributed by atoms with Crippen LogP contribution >= 0.6 is 19.9 Å². The molecule has 3 heterocycles. The van der Waals surface area contributed by atoms with E-state index in [1.807, 2.05) is 0 Å². The molecule has 27 heavy (non-hydrogen) atoms. The van der Waals surface area contributed by atoms with Gasteiger partial charge in [-0.3, -0.25) is 4.57 Å². The average molecular weight is 417 g/mol. The molecule has 0 aliphatic carbocycles. The summed E-state index contributed by atoms with van der Waals surface area (Å²) in [7, 11) is -2.75. The van der Waals surface area contributed by atoms with E-state index in [0.717, 1.165) is 0 Å². The number of nitrogens with zero attached hydrogens (tertiary/aromatic N) is 4. The van der Waals surface area contributed by atoms with Crippen LogP contribution in [0.4, 0.5) is 5.82 Å². The zero-order chi connectivity index (χ0) is 20.2. The van der Waals surface area contributed by atoms with E-state index in [4.69, 9.17) is 43.0 Å². The van der Waals surface area contributed by atoms with Crippen LogP contribution in [0.1, 0.15) is 32.9 Å². The highest BCUT2D eigenvalue weighted by Crippen LogP contribution is 2.39. The summed E-state index contributed by atoms with van der Waals surface area (Å²) < 4.78 is 22.9. The van der Waals surface area contributed by atoms with Crippen molar-refractivity contribution in [2.45, 2.75) is 44.6 Å². The van der Waals surface area contributed by atoms with Gasteiger partial charge in [0.2, 0.25) is 5.28 Å². The summed E-state index contributed by atoms with van der Waals surface area (Å²) in [5, 5.41) is 8.05. The lowest BCUT2D eigenvalue weighted by atomic mass is 10.0. The third-order valence-corrected chi connectivity index (χ3v) is 4.08. The molecule has 146 valence electrons. The molecule has 12 heteroatoms. The molecule has 3 unspecified atom stereocenters. The van der Waals surface area contributed by atoms with E-state index in [1.54, 1.807) is 18.4 Å². The number of imidazole rings is 1. The molecule has 3 rings (SSSR count). The summed E-state index contributed by atoms with van der Waals surface area (Å²) in [6.45, 7) is 3.26. The number of hydrogen-bond donors (Lipinski definition) is 3. The minimum atomic E-state index is -2.75. The van der Waals surface area contributed by atoms with Crippen LogP contribution in [0.3, 0.4) is 0 Å². The maximum atomic E-state index is 10.7. The Labute approximate surface area is 161 Å². The van der Waals surface area contributed by atoms with Crippen molar-refractivity contribution in [3.8, 4) is 12.3 Å². The monoisotopic (exact) mass is 416 g/mol. The van der Waals surface area contributed by atoms with Crippen LogP contribution in [0.2, 0.25) is 5.28 Å². The first-order chi connectivity index (χ1) is 12.7. The van der Waals surface area contributed by atoms with Crippen LogP contribution in [0.15, 0.2) is 6.33 Å². The molecule has 0 aromatic carbocycles. The van der Waals surface area contributed by atoms with Crippen molar-refractivity contribution in [1.29, 1.82) is 0 Å². The van der Waals surface area contributed by atoms with Gasteiger partial charge in [0, 0.05) is 10.7 Å². The SMILES string of the molecule is C#CC1(CO[P+](=O)O)CCC(n2cnc3c(N)nc(Cl)nc32)O1.CC(C)O. The Kier molecular flexibility index (Phi) is 7.06. The van der Waals surface area contributed by atoms with Gasteiger partial charge in [-0.05, 0) is 38.3 Å².